The van der Waals surface area contributed by atoms with E-state index in [-0.39, 0.29) is 17.2 Å². The summed E-state index contributed by atoms with van der Waals surface area (Å²) in [5.74, 6) is -8.30. The number of aromatic amines is 1. The van der Waals surface area contributed by atoms with Crippen LogP contribution in [-0.4, -0.2) is 19.9 Å². The smallest absolute Gasteiger partial charge is 0.199 e. The fraction of sp³-hybridized carbons (Fsp3) is 0. The maximum absolute atomic E-state index is 14.2. The number of halogens is 5. The van der Waals surface area contributed by atoms with Gasteiger partial charge in [-0.05, 0) is 0 Å². The highest BCUT2D eigenvalue weighted by molar-refractivity contribution is 5.84. The number of anilines is 2. The Bertz CT molecular complexity index is 833. The van der Waals surface area contributed by atoms with Gasteiger partial charge in [-0.3, -0.25) is 0 Å². The highest BCUT2D eigenvalue weighted by Gasteiger charge is 2.25. The first-order chi connectivity index (χ1) is 10.0. The Morgan fingerprint density at radius 1 is 0.952 bits per heavy atom. The van der Waals surface area contributed by atoms with E-state index in [0.29, 0.717) is 0 Å². The van der Waals surface area contributed by atoms with Gasteiger partial charge in [0.2, 0.25) is 0 Å². The zero-order valence-electron chi connectivity index (χ0n) is 9.91. The van der Waals surface area contributed by atoms with Crippen LogP contribution in [0, 0.1) is 23.3 Å². The maximum atomic E-state index is 14.2. The maximum Gasteiger partial charge on any atom is 0.199 e. The lowest BCUT2D eigenvalue weighted by atomic mass is 10.2. The number of nitrogens with zero attached hydrogens (tertiary/aromatic N) is 4. The number of hydrogen-bond acceptors (Lipinski definition) is 4. The summed E-state index contributed by atoms with van der Waals surface area (Å²) >= 11 is 0. The number of H-pyrrole nitrogens is 1. The van der Waals surface area contributed by atoms with Crippen LogP contribution in [0.1, 0.15) is 0 Å². The van der Waals surface area contributed by atoms with Crippen LogP contribution >= 0.6 is 0 Å². The first kappa shape index (κ1) is 13.2. The lowest BCUT2D eigenvalue weighted by molar-refractivity contribution is 0.400. The summed E-state index contributed by atoms with van der Waals surface area (Å²) in [4.78, 5) is 13.5. The van der Waals surface area contributed by atoms with Crippen LogP contribution < -0.4 is 5.12 Å². The van der Waals surface area contributed by atoms with Gasteiger partial charge in [-0.15, -0.1) is 0 Å². The van der Waals surface area contributed by atoms with E-state index in [4.69, 9.17) is 0 Å². The van der Waals surface area contributed by atoms with Gasteiger partial charge >= 0.3 is 0 Å². The SMILES string of the molecule is Fc1cc(N(F)c2ncnc3nc[nH]c23)c(F)c(F)c1F. The molecule has 5 nitrogen and oxygen atoms in total. The lowest BCUT2D eigenvalue weighted by Gasteiger charge is -2.14. The monoisotopic (exact) mass is 301 g/mol. The molecule has 0 radical (unpaired) electrons. The molecule has 0 aliphatic carbocycles. The number of nitrogens with one attached hydrogen (secondary N) is 1. The molecule has 0 fully saturated rings. The molecule has 0 atom stereocenters. The van der Waals surface area contributed by atoms with Crippen LogP contribution in [0.15, 0.2) is 18.7 Å². The molecule has 0 saturated heterocycles. The summed E-state index contributed by atoms with van der Waals surface area (Å²) in [7, 11) is 0. The molecule has 1 aromatic carbocycles. The Hall–Kier alpha value is -2.78. The van der Waals surface area contributed by atoms with Crippen molar-refractivity contribution in [1.82, 2.24) is 19.9 Å². The number of rotatable bonds is 2. The molecule has 2 aromatic heterocycles. The predicted molar refractivity (Wildman–Crippen MR) is 61.2 cm³/mol. The topological polar surface area (TPSA) is 57.7 Å². The molecule has 0 aliphatic heterocycles. The predicted octanol–water partition coefficient (Wildman–Crippen LogP) is 2.93. The molecule has 3 aromatic rings. The van der Waals surface area contributed by atoms with Gasteiger partial charge < -0.3 is 4.98 Å². The third-order valence-corrected chi connectivity index (χ3v) is 2.68. The average molecular weight is 301 g/mol. The van der Waals surface area contributed by atoms with E-state index in [2.05, 4.69) is 19.9 Å². The number of aromatic nitrogens is 4. The van der Waals surface area contributed by atoms with Crippen molar-refractivity contribution in [3.8, 4) is 0 Å². The van der Waals surface area contributed by atoms with E-state index in [0.717, 1.165) is 6.33 Å². The molecule has 0 spiro atoms. The van der Waals surface area contributed by atoms with Crippen LogP contribution in [0.2, 0.25) is 0 Å². The van der Waals surface area contributed by atoms with Crippen molar-refractivity contribution >= 4 is 22.7 Å². The molecule has 21 heavy (non-hydrogen) atoms. The quantitative estimate of drug-likeness (QED) is 0.342. The van der Waals surface area contributed by atoms with Gasteiger partial charge in [0.05, 0.1) is 6.33 Å². The lowest BCUT2D eigenvalue weighted by Crippen LogP contribution is -2.11. The van der Waals surface area contributed by atoms with Crippen LogP contribution in [0.25, 0.3) is 11.2 Å². The van der Waals surface area contributed by atoms with Gasteiger partial charge in [-0.2, -0.15) is 5.12 Å². The Kier molecular flexibility index (Phi) is 2.92. The summed E-state index contributed by atoms with van der Waals surface area (Å²) in [5.41, 5.74) is -1.13. The van der Waals surface area contributed by atoms with Gasteiger partial charge in [0.25, 0.3) is 0 Å². The van der Waals surface area contributed by atoms with Crippen LogP contribution in [0.4, 0.5) is 33.5 Å². The number of imidazole rings is 1. The van der Waals surface area contributed by atoms with E-state index >= 15 is 0 Å². The second kappa shape index (κ2) is 4.65. The van der Waals surface area contributed by atoms with Crippen LogP contribution in [-0.2, 0) is 0 Å². The van der Waals surface area contributed by atoms with Gasteiger partial charge in [0, 0.05) is 6.07 Å². The van der Waals surface area contributed by atoms with Gasteiger partial charge in [-0.1, -0.05) is 4.48 Å². The van der Waals surface area contributed by atoms with E-state index in [1.807, 2.05) is 0 Å². The summed E-state index contributed by atoms with van der Waals surface area (Å²) in [6.07, 6.45) is 2.11. The Morgan fingerprint density at radius 3 is 2.48 bits per heavy atom. The highest BCUT2D eigenvalue weighted by Crippen LogP contribution is 2.33. The zero-order valence-corrected chi connectivity index (χ0v) is 9.91. The minimum atomic E-state index is -2.12. The van der Waals surface area contributed by atoms with E-state index < -0.39 is 39.9 Å². The number of fused-ring (bicyclic) bond motifs is 1. The molecule has 108 valence electrons. The first-order valence-corrected chi connectivity index (χ1v) is 5.43. The summed E-state index contributed by atoms with van der Waals surface area (Å²) in [5, 5.41) is -0.427. The van der Waals surface area contributed by atoms with Crippen molar-refractivity contribution in [2.24, 2.45) is 0 Å². The molecule has 0 unspecified atom stereocenters. The Balaban J connectivity index is 2.19. The first-order valence-electron chi connectivity index (χ1n) is 5.43. The standard InChI is InChI=1S/C11H4F5N5/c12-4-1-5(7(14)8(15)6(4)13)21(16)11-9-10(18-2-17-9)19-3-20-11/h1-3H,(H,17,18,19,20). The van der Waals surface area contributed by atoms with E-state index in [1.165, 1.54) is 6.33 Å². The number of hydrogen-bond donors (Lipinski definition) is 1. The minimum absolute atomic E-state index is 0.0236. The fourth-order valence-corrected chi connectivity index (χ4v) is 1.72. The number of benzene rings is 1. The van der Waals surface area contributed by atoms with Gasteiger partial charge in [0.1, 0.15) is 17.5 Å². The van der Waals surface area contributed by atoms with Gasteiger partial charge in [0.15, 0.2) is 34.7 Å². The summed E-state index contributed by atoms with van der Waals surface area (Å²) in [6, 6.07) is 0.179. The normalized spacial score (nSPS) is 11.1. The second-order valence-corrected chi connectivity index (χ2v) is 3.90. The largest absolute Gasteiger partial charge is 0.340 e. The molecular formula is C11H4F5N5. The fourth-order valence-electron chi connectivity index (χ4n) is 1.72. The van der Waals surface area contributed by atoms with Crippen molar-refractivity contribution in [1.29, 1.82) is 0 Å². The second-order valence-electron chi connectivity index (χ2n) is 3.90. The molecule has 0 aliphatic rings. The molecule has 0 saturated carbocycles. The van der Waals surface area contributed by atoms with Crippen molar-refractivity contribution in [2.75, 3.05) is 5.12 Å². The minimum Gasteiger partial charge on any atom is -0.340 e. The van der Waals surface area contributed by atoms with Crippen molar-refractivity contribution < 1.29 is 22.0 Å². The molecule has 3 rings (SSSR count). The van der Waals surface area contributed by atoms with Gasteiger partial charge in [-0.25, -0.2) is 32.5 Å². The van der Waals surface area contributed by atoms with Crippen molar-refractivity contribution in [3.63, 3.8) is 0 Å². The summed E-state index contributed by atoms with van der Waals surface area (Å²) in [6.45, 7) is 0. The van der Waals surface area contributed by atoms with Crippen molar-refractivity contribution in [2.45, 2.75) is 0 Å². The molecule has 1 N–H and O–H groups in total. The Morgan fingerprint density at radius 2 is 1.71 bits per heavy atom. The molecule has 0 bridgehead atoms. The molecule has 2 heterocycles. The van der Waals surface area contributed by atoms with Crippen LogP contribution in [0.5, 0.6) is 0 Å². The zero-order chi connectivity index (χ0) is 15.1. The summed E-state index contributed by atoms with van der Waals surface area (Å²) < 4.78 is 66.9. The van der Waals surface area contributed by atoms with Crippen LogP contribution in [0.3, 0.4) is 0 Å². The molecule has 0 amide bonds. The third-order valence-electron chi connectivity index (χ3n) is 2.68. The third kappa shape index (κ3) is 1.95. The average Bonchev–Trinajstić information content (AvgIpc) is 2.96. The van der Waals surface area contributed by atoms with E-state index in [9.17, 15) is 22.0 Å². The highest BCUT2D eigenvalue weighted by atomic mass is 19.2. The molecular weight excluding hydrogens is 297 g/mol. The Labute approximate surface area is 113 Å². The van der Waals surface area contributed by atoms with Crippen molar-refractivity contribution in [3.05, 3.63) is 42.0 Å². The van der Waals surface area contributed by atoms with E-state index in [1.54, 1.807) is 0 Å². The molecule has 10 heteroatoms.